The smallest absolute Gasteiger partial charge is 0.202 e. The number of hydrogen-bond acceptors (Lipinski definition) is 3. The topological polar surface area (TPSA) is 62.8 Å². The zero-order valence-corrected chi connectivity index (χ0v) is 7.22. The quantitative estimate of drug-likeness (QED) is 0.281. The minimum absolute atomic E-state index is 0.261. The van der Waals surface area contributed by atoms with Gasteiger partial charge < -0.3 is 11.2 Å². The van der Waals surface area contributed by atoms with E-state index in [0.29, 0.717) is 5.29 Å². The van der Waals surface area contributed by atoms with Crippen LogP contribution in [0, 0.1) is 0 Å². The van der Waals surface area contributed by atoms with Crippen LogP contribution in [0.25, 0.3) is 0 Å². The standard InChI is InChI=1S/C3H4ClIN4/c4-2-7-1-5-3(8-2)9-6/h1H,6H2,(H,7,8,9). The minimum atomic E-state index is -0.261. The largest absolute Gasteiger partial charge is 0.321 e. The molecule has 0 saturated carbocycles. The Hall–Kier alpha value is -0.170. The second kappa shape index (κ2) is 3.11. The lowest BCUT2D eigenvalue weighted by Crippen LogP contribution is -2.25. The zero-order chi connectivity index (χ0) is 6.69. The Morgan fingerprint density at radius 1 is 1.89 bits per heavy atom. The molecule has 1 aliphatic heterocycles. The zero-order valence-electron chi connectivity index (χ0n) is 4.31. The molecule has 4 nitrogen and oxygen atoms in total. The SMILES string of the molecule is N/N=C1\NC(Cl)=NC=I1. The molecular weight excluding hydrogens is 254 g/mol. The van der Waals surface area contributed by atoms with Crippen LogP contribution in [0.4, 0.5) is 0 Å². The maximum absolute atomic E-state index is 5.48. The molecule has 1 aliphatic rings. The highest BCUT2D eigenvalue weighted by Gasteiger charge is 2.00. The molecule has 0 aromatic rings. The highest BCUT2D eigenvalue weighted by Crippen LogP contribution is 2.02. The molecule has 0 aromatic heterocycles. The predicted octanol–water partition coefficient (Wildman–Crippen LogP) is 0.145. The number of aliphatic imine (C=N–C) groups is 1. The molecule has 0 atom stereocenters. The third-order valence-corrected chi connectivity index (χ3v) is 2.52. The van der Waals surface area contributed by atoms with E-state index in [2.05, 4.69) is 15.4 Å². The first-order valence-electron chi connectivity index (χ1n) is 2.06. The van der Waals surface area contributed by atoms with E-state index in [1.54, 1.807) is 4.14 Å². The number of nitrogens with one attached hydrogen (secondary N) is 1. The predicted molar refractivity (Wildman–Crippen MR) is 48.1 cm³/mol. The van der Waals surface area contributed by atoms with Crippen molar-refractivity contribution in [3.05, 3.63) is 0 Å². The number of rotatable bonds is 0. The van der Waals surface area contributed by atoms with Gasteiger partial charge in [0.1, 0.15) is 0 Å². The van der Waals surface area contributed by atoms with Crippen molar-refractivity contribution in [2.75, 3.05) is 0 Å². The lowest BCUT2D eigenvalue weighted by Gasteiger charge is -2.02. The van der Waals surface area contributed by atoms with E-state index in [1.807, 2.05) is 0 Å². The van der Waals surface area contributed by atoms with Crippen LogP contribution in [0.1, 0.15) is 0 Å². The monoisotopic (exact) mass is 258 g/mol. The van der Waals surface area contributed by atoms with Crippen LogP contribution < -0.4 is 11.2 Å². The summed E-state index contributed by atoms with van der Waals surface area (Å²) < 4.78 is 2.50. The van der Waals surface area contributed by atoms with Crippen molar-refractivity contribution in [3.63, 3.8) is 0 Å². The van der Waals surface area contributed by atoms with E-state index in [1.165, 1.54) is 0 Å². The summed E-state index contributed by atoms with van der Waals surface area (Å²) in [4.78, 5) is 3.79. The summed E-state index contributed by atoms with van der Waals surface area (Å²) in [6.45, 7) is 0. The second-order valence-corrected chi connectivity index (χ2v) is 3.73. The fourth-order valence-corrected chi connectivity index (χ4v) is 2.03. The van der Waals surface area contributed by atoms with Crippen LogP contribution in [-0.4, -0.2) is 13.3 Å². The Morgan fingerprint density at radius 2 is 2.67 bits per heavy atom. The van der Waals surface area contributed by atoms with Crippen molar-refractivity contribution in [3.8, 4) is 0 Å². The number of hydrazone groups is 1. The van der Waals surface area contributed by atoms with E-state index >= 15 is 0 Å². The summed E-state index contributed by atoms with van der Waals surface area (Å²) >= 11 is 5.22. The van der Waals surface area contributed by atoms with E-state index in [0.717, 1.165) is 3.84 Å². The van der Waals surface area contributed by atoms with Crippen molar-refractivity contribution in [2.24, 2.45) is 15.9 Å². The minimum Gasteiger partial charge on any atom is -0.321 e. The Kier molecular flexibility index (Phi) is 2.40. The van der Waals surface area contributed by atoms with Crippen molar-refractivity contribution < 1.29 is 0 Å². The molecule has 0 aliphatic carbocycles. The summed E-state index contributed by atoms with van der Waals surface area (Å²) in [6, 6.07) is 0. The molecule has 0 spiro atoms. The third-order valence-electron chi connectivity index (χ3n) is 0.634. The van der Waals surface area contributed by atoms with Gasteiger partial charge in [-0.1, -0.05) is 0 Å². The first-order valence-corrected chi connectivity index (χ1v) is 4.76. The molecule has 0 aromatic carbocycles. The lowest BCUT2D eigenvalue weighted by atomic mass is 11.1. The van der Waals surface area contributed by atoms with Gasteiger partial charge in [0.15, 0.2) is 3.84 Å². The van der Waals surface area contributed by atoms with Crippen LogP contribution in [0.5, 0.6) is 0 Å². The van der Waals surface area contributed by atoms with Gasteiger partial charge in [0.05, 0.1) is 4.14 Å². The molecule has 1 rings (SSSR count). The van der Waals surface area contributed by atoms with Crippen LogP contribution in [0.3, 0.4) is 0 Å². The van der Waals surface area contributed by atoms with Gasteiger partial charge in [0.25, 0.3) is 0 Å². The van der Waals surface area contributed by atoms with Crippen molar-refractivity contribution in [1.82, 2.24) is 5.32 Å². The first-order chi connectivity index (χ1) is 4.33. The second-order valence-electron chi connectivity index (χ2n) is 1.17. The van der Waals surface area contributed by atoms with E-state index in [4.69, 9.17) is 17.4 Å². The van der Waals surface area contributed by atoms with Crippen molar-refractivity contribution in [1.29, 1.82) is 0 Å². The molecular formula is C3H4ClIN4. The number of nitrogens with two attached hydrogens (primary N) is 1. The molecule has 6 heteroatoms. The fourth-order valence-electron chi connectivity index (χ4n) is 0.319. The van der Waals surface area contributed by atoms with Gasteiger partial charge in [-0.05, 0) is 32.3 Å². The molecule has 0 saturated heterocycles. The number of nitrogens with zero attached hydrogens (tertiary/aromatic N) is 2. The van der Waals surface area contributed by atoms with Crippen molar-refractivity contribution in [2.45, 2.75) is 0 Å². The van der Waals surface area contributed by atoms with Crippen LogP contribution >= 0.6 is 32.3 Å². The number of hydrogen-bond donors (Lipinski definition) is 2. The normalized spacial score (nSPS) is 22.3. The molecule has 0 amide bonds. The Bertz CT molecular complexity index is 196. The average Bonchev–Trinajstić information content (AvgIpc) is 1.88. The van der Waals surface area contributed by atoms with E-state index in [-0.39, 0.29) is 20.7 Å². The molecule has 1 heterocycles. The number of amidine groups is 2. The molecule has 0 radical (unpaired) electrons. The highest BCUT2D eigenvalue weighted by molar-refractivity contribution is 14.2. The van der Waals surface area contributed by atoms with Gasteiger partial charge in [0, 0.05) is 0 Å². The highest BCUT2D eigenvalue weighted by atomic mass is 127. The van der Waals surface area contributed by atoms with Gasteiger partial charge >= 0.3 is 0 Å². The van der Waals surface area contributed by atoms with E-state index < -0.39 is 0 Å². The van der Waals surface area contributed by atoms with E-state index in [9.17, 15) is 0 Å². The first kappa shape index (κ1) is 6.94. The summed E-state index contributed by atoms with van der Waals surface area (Å²) in [5.74, 6) is 4.98. The summed E-state index contributed by atoms with van der Waals surface area (Å²) in [5.41, 5.74) is 0. The summed E-state index contributed by atoms with van der Waals surface area (Å²) in [6.07, 6.45) is 0. The lowest BCUT2D eigenvalue weighted by molar-refractivity contribution is 1.22. The Balaban J connectivity index is 2.73. The molecule has 50 valence electrons. The van der Waals surface area contributed by atoms with Crippen LogP contribution in [0.2, 0.25) is 0 Å². The van der Waals surface area contributed by atoms with Gasteiger partial charge in [-0.3, -0.25) is 0 Å². The third kappa shape index (κ3) is 1.90. The van der Waals surface area contributed by atoms with Gasteiger partial charge in [-0.15, -0.1) is 0 Å². The summed E-state index contributed by atoms with van der Waals surface area (Å²) in [7, 11) is 0. The summed E-state index contributed by atoms with van der Waals surface area (Å²) in [5, 5.41) is 6.52. The maximum Gasteiger partial charge on any atom is 0.202 e. The maximum atomic E-state index is 5.48. The van der Waals surface area contributed by atoms with Crippen LogP contribution in [0.15, 0.2) is 10.1 Å². The molecule has 0 unspecified atom stereocenters. The molecule has 3 N–H and O–H groups in total. The Labute approximate surface area is 66.9 Å². The average molecular weight is 258 g/mol. The Morgan fingerprint density at radius 3 is 3.11 bits per heavy atom. The van der Waals surface area contributed by atoms with Gasteiger partial charge in [-0.2, -0.15) is 5.10 Å². The molecule has 9 heavy (non-hydrogen) atoms. The van der Waals surface area contributed by atoms with Crippen LogP contribution in [-0.2, 0) is 0 Å². The van der Waals surface area contributed by atoms with Crippen molar-refractivity contribution >= 4 is 45.6 Å². The molecule has 0 bridgehead atoms. The number of halogens is 2. The molecule has 0 fully saturated rings. The van der Waals surface area contributed by atoms with Gasteiger partial charge in [0.2, 0.25) is 5.29 Å². The fraction of sp³-hybridized carbons (Fsp3) is 0. The van der Waals surface area contributed by atoms with Gasteiger partial charge in [-0.25, -0.2) is 4.99 Å².